The van der Waals surface area contributed by atoms with Gasteiger partial charge in [-0.1, -0.05) is 30.3 Å². The number of nitrogens with zero attached hydrogens (tertiary/aromatic N) is 1. The van der Waals surface area contributed by atoms with Crippen LogP contribution < -0.4 is 5.32 Å². The summed E-state index contributed by atoms with van der Waals surface area (Å²) >= 11 is 1.88. The minimum atomic E-state index is 0.703. The van der Waals surface area contributed by atoms with Crippen molar-refractivity contribution in [1.82, 2.24) is 10.2 Å². The highest BCUT2D eigenvalue weighted by Gasteiger charge is 2.33. The maximum atomic E-state index is 3.80. The maximum Gasteiger partial charge on any atom is 0.0303 e. The summed E-state index contributed by atoms with van der Waals surface area (Å²) in [6.07, 6.45) is 2.77. The fraction of sp³-hybridized carbons (Fsp3) is 0.444. The fourth-order valence-corrected chi connectivity index (χ4v) is 4.53. The van der Waals surface area contributed by atoms with Crippen molar-refractivity contribution < 1.29 is 0 Å². The third-order valence-electron chi connectivity index (χ3n) is 4.96. The number of nitrogens with one attached hydrogen (secondary N) is 1. The second kappa shape index (κ2) is 5.91. The highest BCUT2D eigenvalue weighted by atomic mass is 32.1. The first-order valence-corrected chi connectivity index (χ1v) is 8.85. The monoisotopic (exact) mass is 298 g/mol. The van der Waals surface area contributed by atoms with Gasteiger partial charge in [0.2, 0.25) is 0 Å². The van der Waals surface area contributed by atoms with Gasteiger partial charge in [0, 0.05) is 24.0 Å². The van der Waals surface area contributed by atoms with Gasteiger partial charge in [0.15, 0.2) is 0 Å². The van der Waals surface area contributed by atoms with Crippen molar-refractivity contribution >= 4 is 11.3 Å². The highest BCUT2D eigenvalue weighted by Crippen LogP contribution is 2.29. The van der Waals surface area contributed by atoms with Crippen molar-refractivity contribution in [3.05, 3.63) is 46.7 Å². The summed E-state index contributed by atoms with van der Waals surface area (Å²) in [5.41, 5.74) is 2.68. The van der Waals surface area contributed by atoms with Gasteiger partial charge in [-0.05, 0) is 54.4 Å². The van der Waals surface area contributed by atoms with E-state index in [1.807, 2.05) is 11.3 Å². The lowest BCUT2D eigenvalue weighted by Gasteiger charge is -2.45. The lowest BCUT2D eigenvalue weighted by Crippen LogP contribution is -2.55. The number of piperidine rings is 3. The zero-order chi connectivity index (χ0) is 14.1. The maximum absolute atomic E-state index is 3.80. The van der Waals surface area contributed by atoms with Gasteiger partial charge < -0.3 is 10.2 Å². The Morgan fingerprint density at radius 1 is 1.10 bits per heavy atom. The van der Waals surface area contributed by atoms with Gasteiger partial charge >= 0.3 is 0 Å². The van der Waals surface area contributed by atoms with Crippen LogP contribution in [0, 0.1) is 5.92 Å². The van der Waals surface area contributed by atoms with Crippen LogP contribution in [0.4, 0.5) is 0 Å². The number of benzene rings is 1. The largest absolute Gasteiger partial charge is 0.308 e. The molecule has 4 heterocycles. The minimum Gasteiger partial charge on any atom is -0.308 e. The molecule has 1 aromatic carbocycles. The lowest BCUT2D eigenvalue weighted by atomic mass is 9.84. The first-order chi connectivity index (χ1) is 10.4. The van der Waals surface area contributed by atoms with E-state index in [1.165, 1.54) is 48.5 Å². The van der Waals surface area contributed by atoms with Crippen molar-refractivity contribution in [2.45, 2.75) is 25.4 Å². The van der Waals surface area contributed by atoms with Crippen molar-refractivity contribution in [2.75, 3.05) is 19.6 Å². The molecule has 0 spiro atoms. The third kappa shape index (κ3) is 2.91. The summed E-state index contributed by atoms with van der Waals surface area (Å²) in [7, 11) is 0. The Kier molecular flexibility index (Phi) is 3.80. The van der Waals surface area contributed by atoms with Crippen LogP contribution in [0.3, 0.4) is 0 Å². The molecule has 2 bridgehead atoms. The molecule has 1 unspecified atom stereocenters. The number of hydrogen-bond acceptors (Lipinski definition) is 3. The Hall–Kier alpha value is -1.16. The molecule has 3 aliphatic heterocycles. The van der Waals surface area contributed by atoms with Crippen LogP contribution in [0.2, 0.25) is 0 Å². The van der Waals surface area contributed by atoms with Gasteiger partial charge in [0.05, 0.1) is 0 Å². The van der Waals surface area contributed by atoms with E-state index in [4.69, 9.17) is 0 Å². The Morgan fingerprint density at radius 2 is 1.90 bits per heavy atom. The van der Waals surface area contributed by atoms with E-state index in [1.54, 1.807) is 0 Å². The SMILES string of the molecule is c1ccc(-c2csc(CNC3CN4CCC3CC4)c2)cc1. The molecule has 3 saturated heterocycles. The van der Waals surface area contributed by atoms with Gasteiger partial charge in [-0.25, -0.2) is 0 Å². The summed E-state index contributed by atoms with van der Waals surface area (Å²) in [6, 6.07) is 13.7. The number of fused-ring (bicyclic) bond motifs is 3. The van der Waals surface area contributed by atoms with Crippen LogP contribution >= 0.6 is 11.3 Å². The number of thiophene rings is 1. The average molecular weight is 298 g/mol. The smallest absolute Gasteiger partial charge is 0.0303 e. The molecule has 1 atom stereocenters. The predicted octanol–water partition coefficient (Wildman–Crippen LogP) is 3.60. The highest BCUT2D eigenvalue weighted by molar-refractivity contribution is 7.10. The van der Waals surface area contributed by atoms with Crippen LogP contribution in [-0.4, -0.2) is 30.6 Å². The molecule has 1 N–H and O–H groups in total. The molecule has 0 saturated carbocycles. The van der Waals surface area contributed by atoms with Crippen LogP contribution in [0.5, 0.6) is 0 Å². The molecule has 0 amide bonds. The molecule has 0 radical (unpaired) electrons. The van der Waals surface area contributed by atoms with Crippen molar-refractivity contribution in [2.24, 2.45) is 5.92 Å². The number of hydrogen-bond donors (Lipinski definition) is 1. The summed E-state index contributed by atoms with van der Waals surface area (Å²) in [6.45, 7) is 4.91. The molecule has 5 rings (SSSR count). The standard InChI is InChI=1S/C18H22N2S/c1-2-4-14(5-3-1)16-10-17(21-13-16)11-19-18-12-20-8-6-15(18)7-9-20/h1-5,10,13,15,18-19H,6-9,11-12H2. The van der Waals surface area contributed by atoms with Gasteiger partial charge in [-0.2, -0.15) is 0 Å². The van der Waals surface area contributed by atoms with E-state index in [-0.39, 0.29) is 0 Å². The van der Waals surface area contributed by atoms with Gasteiger partial charge in [-0.15, -0.1) is 11.3 Å². The van der Waals surface area contributed by atoms with Gasteiger partial charge in [-0.3, -0.25) is 0 Å². The molecule has 1 aromatic heterocycles. The molecule has 3 aliphatic rings. The van der Waals surface area contributed by atoms with Crippen LogP contribution in [0.25, 0.3) is 11.1 Å². The normalized spacial score (nSPS) is 27.9. The first-order valence-electron chi connectivity index (χ1n) is 7.97. The Morgan fingerprint density at radius 3 is 2.62 bits per heavy atom. The molecule has 3 fully saturated rings. The van der Waals surface area contributed by atoms with Crippen molar-refractivity contribution in [3.63, 3.8) is 0 Å². The van der Waals surface area contributed by atoms with E-state index in [9.17, 15) is 0 Å². The molecule has 21 heavy (non-hydrogen) atoms. The van der Waals surface area contributed by atoms with E-state index < -0.39 is 0 Å². The molecule has 2 aromatic rings. The molecular formula is C18H22N2S. The van der Waals surface area contributed by atoms with E-state index >= 15 is 0 Å². The zero-order valence-corrected chi connectivity index (χ0v) is 13.1. The summed E-state index contributed by atoms with van der Waals surface area (Å²) in [5, 5.41) is 6.08. The topological polar surface area (TPSA) is 15.3 Å². The van der Waals surface area contributed by atoms with Crippen LogP contribution in [0.1, 0.15) is 17.7 Å². The average Bonchev–Trinajstić information content (AvgIpc) is 3.04. The molecule has 3 heteroatoms. The summed E-state index contributed by atoms with van der Waals surface area (Å²) in [5.74, 6) is 0.906. The first kappa shape index (κ1) is 13.5. The second-order valence-electron chi connectivity index (χ2n) is 6.29. The van der Waals surface area contributed by atoms with Gasteiger partial charge in [0.25, 0.3) is 0 Å². The van der Waals surface area contributed by atoms with Crippen molar-refractivity contribution in [1.29, 1.82) is 0 Å². The van der Waals surface area contributed by atoms with E-state index in [2.05, 4.69) is 52.0 Å². The molecule has 0 aliphatic carbocycles. The van der Waals surface area contributed by atoms with Gasteiger partial charge in [0.1, 0.15) is 0 Å². The predicted molar refractivity (Wildman–Crippen MR) is 89.5 cm³/mol. The third-order valence-corrected chi connectivity index (χ3v) is 5.89. The molecular weight excluding hydrogens is 276 g/mol. The summed E-state index contributed by atoms with van der Waals surface area (Å²) in [4.78, 5) is 4.06. The van der Waals surface area contributed by atoms with E-state index in [0.717, 1.165) is 12.5 Å². The minimum absolute atomic E-state index is 0.703. The lowest BCUT2D eigenvalue weighted by molar-refractivity contribution is 0.0721. The van der Waals surface area contributed by atoms with E-state index in [0.29, 0.717) is 6.04 Å². The quantitative estimate of drug-likeness (QED) is 0.928. The second-order valence-corrected chi connectivity index (χ2v) is 7.29. The van der Waals surface area contributed by atoms with Crippen LogP contribution in [0.15, 0.2) is 41.8 Å². The number of rotatable bonds is 4. The molecule has 110 valence electrons. The Balaban J connectivity index is 1.39. The van der Waals surface area contributed by atoms with Crippen molar-refractivity contribution in [3.8, 4) is 11.1 Å². The summed E-state index contributed by atoms with van der Waals surface area (Å²) < 4.78 is 0. The Bertz CT molecular complexity index is 584. The Labute approximate surface area is 130 Å². The van der Waals surface area contributed by atoms with Crippen LogP contribution in [-0.2, 0) is 6.54 Å². The molecule has 2 nitrogen and oxygen atoms in total. The zero-order valence-electron chi connectivity index (χ0n) is 12.3. The fourth-order valence-electron chi connectivity index (χ4n) is 3.68.